The second kappa shape index (κ2) is 6.34. The molecule has 1 aliphatic heterocycles. The van der Waals surface area contributed by atoms with Gasteiger partial charge in [0.25, 0.3) is 0 Å². The van der Waals surface area contributed by atoms with Crippen LogP contribution in [-0.4, -0.2) is 52.3 Å². The van der Waals surface area contributed by atoms with Gasteiger partial charge in [0.05, 0.1) is 13.2 Å². The van der Waals surface area contributed by atoms with E-state index in [1.54, 1.807) is 0 Å². The molecule has 3 heterocycles. The first kappa shape index (κ1) is 15.4. The van der Waals surface area contributed by atoms with E-state index in [4.69, 9.17) is 9.72 Å². The van der Waals surface area contributed by atoms with Crippen molar-refractivity contribution in [1.29, 1.82) is 0 Å². The highest BCUT2D eigenvalue weighted by atomic mass is 16.5. The summed E-state index contributed by atoms with van der Waals surface area (Å²) in [6.07, 6.45) is 2.82. The summed E-state index contributed by atoms with van der Waals surface area (Å²) in [6.45, 7) is 12.5. The molecule has 5 heteroatoms. The zero-order chi connectivity index (χ0) is 15.6. The fourth-order valence-corrected chi connectivity index (χ4v) is 2.92. The number of rotatable bonds is 4. The maximum atomic E-state index is 5.42. The number of aromatic nitrogens is 3. The quantitative estimate of drug-likeness (QED) is 0.869. The van der Waals surface area contributed by atoms with E-state index in [1.165, 1.54) is 0 Å². The van der Waals surface area contributed by atoms with E-state index in [0.717, 1.165) is 62.8 Å². The molecule has 0 N–H and O–H groups in total. The third-order valence-electron chi connectivity index (χ3n) is 4.01. The normalized spacial score (nSPS) is 17.2. The van der Waals surface area contributed by atoms with Crippen LogP contribution in [0.25, 0.3) is 11.2 Å². The van der Waals surface area contributed by atoms with E-state index in [2.05, 4.69) is 41.3 Å². The molecule has 5 nitrogen and oxygen atoms in total. The average molecular weight is 302 g/mol. The van der Waals surface area contributed by atoms with Gasteiger partial charge in [-0.3, -0.25) is 4.90 Å². The number of hydrogen-bond acceptors (Lipinski definition) is 4. The predicted octanol–water partition coefficient (Wildman–Crippen LogP) is 2.35. The minimum absolute atomic E-state index is 0.220. The third kappa shape index (κ3) is 3.65. The molecule has 0 spiro atoms. The van der Waals surface area contributed by atoms with Crippen LogP contribution in [-0.2, 0) is 17.7 Å². The highest BCUT2D eigenvalue weighted by Gasteiger charge is 2.19. The number of pyridine rings is 1. The Morgan fingerprint density at radius 2 is 1.95 bits per heavy atom. The zero-order valence-corrected chi connectivity index (χ0v) is 13.9. The summed E-state index contributed by atoms with van der Waals surface area (Å²) in [5.74, 6) is 1.15. The Balaban J connectivity index is 1.83. The van der Waals surface area contributed by atoms with E-state index in [0.29, 0.717) is 0 Å². The van der Waals surface area contributed by atoms with Crippen molar-refractivity contribution in [3.63, 3.8) is 0 Å². The van der Waals surface area contributed by atoms with Crippen molar-refractivity contribution in [3.05, 3.63) is 24.2 Å². The zero-order valence-electron chi connectivity index (χ0n) is 13.9. The average Bonchev–Trinajstić information content (AvgIpc) is 2.81. The highest BCUT2D eigenvalue weighted by molar-refractivity contribution is 5.71. The lowest BCUT2D eigenvalue weighted by atomic mass is 9.92. The summed E-state index contributed by atoms with van der Waals surface area (Å²) < 4.78 is 7.73. The molecular formula is C17H26N4O. The molecule has 2 aromatic rings. The topological polar surface area (TPSA) is 43.2 Å². The second-order valence-corrected chi connectivity index (χ2v) is 7.22. The molecule has 120 valence electrons. The molecule has 0 bridgehead atoms. The van der Waals surface area contributed by atoms with Gasteiger partial charge in [-0.15, -0.1) is 0 Å². The van der Waals surface area contributed by atoms with Gasteiger partial charge in [-0.05, 0) is 17.5 Å². The first-order valence-electron chi connectivity index (χ1n) is 8.13. The minimum Gasteiger partial charge on any atom is -0.379 e. The second-order valence-electron chi connectivity index (χ2n) is 7.22. The van der Waals surface area contributed by atoms with Crippen LogP contribution in [0.1, 0.15) is 26.6 Å². The van der Waals surface area contributed by atoms with E-state index in [-0.39, 0.29) is 5.41 Å². The van der Waals surface area contributed by atoms with Gasteiger partial charge in [0, 0.05) is 38.8 Å². The number of hydrogen-bond donors (Lipinski definition) is 0. The van der Waals surface area contributed by atoms with Crippen molar-refractivity contribution in [2.75, 3.05) is 32.8 Å². The maximum absolute atomic E-state index is 5.42. The van der Waals surface area contributed by atoms with E-state index in [1.807, 2.05) is 12.3 Å². The largest absolute Gasteiger partial charge is 0.379 e. The lowest BCUT2D eigenvalue weighted by Crippen LogP contribution is -2.38. The van der Waals surface area contributed by atoms with E-state index in [9.17, 15) is 0 Å². The molecule has 1 fully saturated rings. The van der Waals surface area contributed by atoms with Gasteiger partial charge in [-0.1, -0.05) is 20.8 Å². The molecule has 0 saturated carbocycles. The fraction of sp³-hybridized carbons (Fsp3) is 0.647. The molecule has 0 unspecified atom stereocenters. The van der Waals surface area contributed by atoms with Gasteiger partial charge in [0.15, 0.2) is 5.65 Å². The summed E-state index contributed by atoms with van der Waals surface area (Å²) in [5, 5.41) is 0. The molecule has 0 amide bonds. The van der Waals surface area contributed by atoms with Gasteiger partial charge < -0.3 is 9.30 Å². The van der Waals surface area contributed by atoms with Crippen molar-refractivity contribution in [1.82, 2.24) is 19.4 Å². The number of nitrogens with zero attached hydrogens (tertiary/aromatic N) is 4. The molecular weight excluding hydrogens is 276 g/mol. The lowest BCUT2D eigenvalue weighted by molar-refractivity contribution is 0.0364. The standard InChI is InChI=1S/C17H26N4O/c1-17(2,3)13-15-19-14-5-4-6-18-16(14)21(15)8-7-20-9-11-22-12-10-20/h4-6H,7-13H2,1-3H3. The van der Waals surface area contributed by atoms with Crippen LogP contribution in [0, 0.1) is 5.41 Å². The third-order valence-corrected chi connectivity index (χ3v) is 4.01. The van der Waals surface area contributed by atoms with Crippen molar-refractivity contribution in [3.8, 4) is 0 Å². The van der Waals surface area contributed by atoms with Crippen molar-refractivity contribution >= 4 is 11.2 Å². The Hall–Kier alpha value is -1.46. The van der Waals surface area contributed by atoms with Crippen LogP contribution in [0.15, 0.2) is 18.3 Å². The van der Waals surface area contributed by atoms with Gasteiger partial charge in [0.2, 0.25) is 0 Å². The first-order chi connectivity index (χ1) is 10.5. The van der Waals surface area contributed by atoms with Crippen molar-refractivity contribution < 1.29 is 4.74 Å². The fourth-order valence-electron chi connectivity index (χ4n) is 2.92. The highest BCUT2D eigenvalue weighted by Crippen LogP contribution is 2.23. The monoisotopic (exact) mass is 302 g/mol. The summed E-state index contributed by atoms with van der Waals surface area (Å²) in [6, 6.07) is 4.02. The Bertz CT molecular complexity index is 623. The molecule has 0 aromatic carbocycles. The summed E-state index contributed by atoms with van der Waals surface area (Å²) in [4.78, 5) is 11.8. The summed E-state index contributed by atoms with van der Waals surface area (Å²) in [7, 11) is 0. The van der Waals surface area contributed by atoms with Crippen LogP contribution in [0.4, 0.5) is 0 Å². The number of imidazole rings is 1. The Morgan fingerprint density at radius 3 is 2.68 bits per heavy atom. The van der Waals surface area contributed by atoms with Crippen LogP contribution >= 0.6 is 0 Å². The minimum atomic E-state index is 0.220. The Labute approximate surface area is 132 Å². The Kier molecular flexibility index (Phi) is 4.45. The van der Waals surface area contributed by atoms with Gasteiger partial charge in [0.1, 0.15) is 11.3 Å². The Morgan fingerprint density at radius 1 is 1.18 bits per heavy atom. The summed E-state index contributed by atoms with van der Waals surface area (Å²) >= 11 is 0. The molecule has 0 radical (unpaired) electrons. The van der Waals surface area contributed by atoms with E-state index >= 15 is 0 Å². The van der Waals surface area contributed by atoms with E-state index < -0.39 is 0 Å². The van der Waals surface area contributed by atoms with Crippen molar-refractivity contribution in [2.24, 2.45) is 5.41 Å². The number of ether oxygens (including phenoxy) is 1. The lowest BCUT2D eigenvalue weighted by Gasteiger charge is -2.27. The molecule has 2 aromatic heterocycles. The van der Waals surface area contributed by atoms with Crippen LogP contribution < -0.4 is 0 Å². The number of morpholine rings is 1. The van der Waals surface area contributed by atoms with Crippen LogP contribution in [0.2, 0.25) is 0 Å². The molecule has 1 aliphatic rings. The first-order valence-corrected chi connectivity index (χ1v) is 8.13. The maximum Gasteiger partial charge on any atom is 0.160 e. The molecule has 3 rings (SSSR count). The predicted molar refractivity (Wildman–Crippen MR) is 87.9 cm³/mol. The van der Waals surface area contributed by atoms with Gasteiger partial charge in [-0.2, -0.15) is 0 Å². The summed E-state index contributed by atoms with van der Waals surface area (Å²) in [5.41, 5.74) is 2.23. The van der Waals surface area contributed by atoms with Gasteiger partial charge >= 0.3 is 0 Å². The van der Waals surface area contributed by atoms with Crippen LogP contribution in [0.3, 0.4) is 0 Å². The SMILES string of the molecule is CC(C)(C)Cc1nc2cccnc2n1CCN1CCOCC1. The van der Waals surface area contributed by atoms with Gasteiger partial charge in [-0.25, -0.2) is 9.97 Å². The molecule has 22 heavy (non-hydrogen) atoms. The smallest absolute Gasteiger partial charge is 0.160 e. The van der Waals surface area contributed by atoms with Crippen LogP contribution in [0.5, 0.6) is 0 Å². The molecule has 0 aliphatic carbocycles. The van der Waals surface area contributed by atoms with Crippen molar-refractivity contribution in [2.45, 2.75) is 33.7 Å². The molecule has 1 saturated heterocycles. The molecule has 0 atom stereocenters. The number of fused-ring (bicyclic) bond motifs is 1.